The number of pyridine rings is 1. The quantitative estimate of drug-likeness (QED) is 0.596. The van der Waals surface area contributed by atoms with Gasteiger partial charge in [0, 0.05) is 36.8 Å². The van der Waals surface area contributed by atoms with Crippen molar-refractivity contribution in [2.24, 2.45) is 7.05 Å². The summed E-state index contributed by atoms with van der Waals surface area (Å²) >= 11 is 0. The number of nitrogens with zero attached hydrogens (tertiary/aromatic N) is 6. The molecule has 4 rings (SSSR count). The maximum Gasteiger partial charge on any atom is 0.142 e. The third-order valence-electron chi connectivity index (χ3n) is 4.71. The van der Waals surface area contributed by atoms with Gasteiger partial charge >= 0.3 is 0 Å². The number of hydrogen-bond acceptors (Lipinski definition) is 5. The van der Waals surface area contributed by atoms with Gasteiger partial charge in [0.05, 0.1) is 18.4 Å². The summed E-state index contributed by atoms with van der Waals surface area (Å²) < 4.78 is 3.58. The van der Waals surface area contributed by atoms with Crippen molar-refractivity contribution in [2.45, 2.75) is 13.5 Å². The first-order valence-electron chi connectivity index (χ1n) is 8.82. The number of aryl methyl sites for hydroxylation is 1. The van der Waals surface area contributed by atoms with Gasteiger partial charge in [0.2, 0.25) is 0 Å². The Morgan fingerprint density at radius 1 is 1.14 bits per heavy atom. The highest BCUT2D eigenvalue weighted by atomic mass is 15.3. The van der Waals surface area contributed by atoms with Gasteiger partial charge in [-0.2, -0.15) is 15.5 Å². The van der Waals surface area contributed by atoms with E-state index in [1.54, 1.807) is 17.1 Å². The van der Waals surface area contributed by atoms with Crippen LogP contribution in [0.2, 0.25) is 0 Å². The van der Waals surface area contributed by atoms with Gasteiger partial charge in [0.1, 0.15) is 17.5 Å². The summed E-state index contributed by atoms with van der Waals surface area (Å²) in [4.78, 5) is 4.47. The van der Waals surface area contributed by atoms with Crippen LogP contribution < -0.4 is 5.73 Å². The summed E-state index contributed by atoms with van der Waals surface area (Å²) in [5.74, 6) is 0.225. The van der Waals surface area contributed by atoms with Gasteiger partial charge in [0.25, 0.3) is 0 Å². The van der Waals surface area contributed by atoms with Crippen LogP contribution >= 0.6 is 0 Å². The monoisotopic (exact) mass is 369 g/mol. The molecule has 1 aromatic carbocycles. The molecule has 4 aromatic rings. The molecule has 3 heterocycles. The zero-order chi connectivity index (χ0) is 19.7. The Hall–Kier alpha value is -3.92. The Morgan fingerprint density at radius 2 is 1.93 bits per heavy atom. The van der Waals surface area contributed by atoms with Crippen LogP contribution in [0.1, 0.15) is 16.7 Å². The first-order chi connectivity index (χ1) is 13.6. The third kappa shape index (κ3) is 3.12. The molecule has 28 heavy (non-hydrogen) atoms. The van der Waals surface area contributed by atoms with E-state index in [0.717, 1.165) is 33.5 Å². The molecule has 0 radical (unpaired) electrons. The molecule has 0 amide bonds. The Balaban J connectivity index is 1.80. The van der Waals surface area contributed by atoms with Crippen LogP contribution in [0.3, 0.4) is 0 Å². The minimum absolute atomic E-state index is 0.225. The molecule has 0 saturated carbocycles. The number of benzene rings is 1. The van der Waals surface area contributed by atoms with Crippen LogP contribution in [0.5, 0.6) is 0 Å². The lowest BCUT2D eigenvalue weighted by Crippen LogP contribution is -2.03. The molecular formula is C21H19N7. The molecule has 0 aliphatic heterocycles. The van der Waals surface area contributed by atoms with Crippen molar-refractivity contribution in [2.75, 3.05) is 5.73 Å². The van der Waals surface area contributed by atoms with Gasteiger partial charge in [-0.3, -0.25) is 9.36 Å². The number of rotatable bonds is 4. The van der Waals surface area contributed by atoms with Crippen molar-refractivity contribution in [3.8, 4) is 28.5 Å². The largest absolute Gasteiger partial charge is 0.383 e. The Morgan fingerprint density at radius 3 is 2.54 bits per heavy atom. The van der Waals surface area contributed by atoms with E-state index in [4.69, 9.17) is 5.73 Å². The molecule has 0 spiro atoms. The average Bonchev–Trinajstić information content (AvgIpc) is 3.35. The summed E-state index contributed by atoms with van der Waals surface area (Å²) in [6, 6.07) is 12.2. The summed E-state index contributed by atoms with van der Waals surface area (Å²) in [6.07, 6.45) is 7.32. The fourth-order valence-corrected chi connectivity index (χ4v) is 3.35. The molecule has 3 aromatic heterocycles. The van der Waals surface area contributed by atoms with Crippen molar-refractivity contribution < 1.29 is 0 Å². The van der Waals surface area contributed by atoms with Gasteiger partial charge in [-0.1, -0.05) is 24.3 Å². The molecule has 7 nitrogen and oxygen atoms in total. The van der Waals surface area contributed by atoms with E-state index in [2.05, 4.69) is 21.3 Å². The maximum absolute atomic E-state index is 9.68. The van der Waals surface area contributed by atoms with E-state index in [0.29, 0.717) is 12.1 Å². The second-order valence-corrected chi connectivity index (χ2v) is 6.64. The van der Waals surface area contributed by atoms with Crippen LogP contribution in [-0.4, -0.2) is 24.5 Å². The maximum atomic E-state index is 9.68. The van der Waals surface area contributed by atoms with Gasteiger partial charge < -0.3 is 5.73 Å². The average molecular weight is 369 g/mol. The Labute approximate surface area is 162 Å². The number of nitrogens with two attached hydrogens (primary N) is 1. The first kappa shape index (κ1) is 17.5. The van der Waals surface area contributed by atoms with E-state index in [1.807, 2.05) is 61.4 Å². The predicted molar refractivity (Wildman–Crippen MR) is 107 cm³/mol. The summed E-state index contributed by atoms with van der Waals surface area (Å²) in [7, 11) is 1.85. The zero-order valence-electron chi connectivity index (χ0n) is 15.7. The van der Waals surface area contributed by atoms with Crippen molar-refractivity contribution in [3.05, 3.63) is 71.8 Å². The number of anilines is 1. The normalized spacial score (nSPS) is 10.8. The molecule has 138 valence electrons. The molecule has 0 unspecified atom stereocenters. The Bertz CT molecular complexity index is 1160. The highest BCUT2D eigenvalue weighted by Gasteiger charge is 2.19. The van der Waals surface area contributed by atoms with Crippen molar-refractivity contribution in [3.63, 3.8) is 0 Å². The molecule has 0 saturated heterocycles. The molecule has 7 heteroatoms. The standard InChI is InChI=1S/C21H19N7/c1-14-19(16-6-4-15(5-7-16)12-28-9-3-8-24-28)18(10-22)21(23)26-20(14)17-11-25-27(2)13-17/h3-9,11,13H,12H2,1-2H3,(H2,23,26). The molecule has 0 atom stereocenters. The lowest BCUT2D eigenvalue weighted by atomic mass is 9.93. The zero-order valence-corrected chi connectivity index (χ0v) is 15.7. The van der Waals surface area contributed by atoms with E-state index in [-0.39, 0.29) is 5.82 Å². The van der Waals surface area contributed by atoms with Crippen LogP contribution in [-0.2, 0) is 13.6 Å². The van der Waals surface area contributed by atoms with Crippen molar-refractivity contribution >= 4 is 5.82 Å². The topological polar surface area (TPSA) is 98.3 Å². The lowest BCUT2D eigenvalue weighted by Gasteiger charge is -2.14. The number of hydrogen-bond donors (Lipinski definition) is 1. The SMILES string of the molecule is Cc1c(-c2cnn(C)c2)nc(N)c(C#N)c1-c1ccc(Cn2cccn2)cc1. The molecule has 2 N–H and O–H groups in total. The minimum atomic E-state index is 0.225. The second kappa shape index (κ2) is 7.00. The Kier molecular flexibility index (Phi) is 4.38. The summed E-state index contributed by atoms with van der Waals surface area (Å²) in [6.45, 7) is 2.65. The second-order valence-electron chi connectivity index (χ2n) is 6.64. The third-order valence-corrected chi connectivity index (χ3v) is 4.71. The van der Waals surface area contributed by atoms with E-state index in [9.17, 15) is 5.26 Å². The number of nitrogen functional groups attached to an aromatic ring is 1. The number of nitriles is 1. The smallest absolute Gasteiger partial charge is 0.142 e. The fraction of sp³-hybridized carbons (Fsp3) is 0.143. The highest BCUT2D eigenvalue weighted by molar-refractivity contribution is 5.84. The van der Waals surface area contributed by atoms with Gasteiger partial charge in [-0.25, -0.2) is 4.98 Å². The van der Waals surface area contributed by atoms with Gasteiger partial charge in [-0.05, 0) is 29.7 Å². The fourth-order valence-electron chi connectivity index (χ4n) is 3.35. The lowest BCUT2D eigenvalue weighted by molar-refractivity contribution is 0.687. The van der Waals surface area contributed by atoms with Crippen LogP contribution in [0.15, 0.2) is 55.1 Å². The molecule has 0 aliphatic carbocycles. The molecule has 0 fully saturated rings. The van der Waals surface area contributed by atoms with Crippen LogP contribution in [0.4, 0.5) is 5.82 Å². The van der Waals surface area contributed by atoms with Gasteiger partial charge in [0.15, 0.2) is 0 Å². The summed E-state index contributed by atoms with van der Waals surface area (Å²) in [5, 5.41) is 18.1. The minimum Gasteiger partial charge on any atom is -0.383 e. The van der Waals surface area contributed by atoms with E-state index >= 15 is 0 Å². The molecular weight excluding hydrogens is 350 g/mol. The van der Waals surface area contributed by atoms with Crippen molar-refractivity contribution in [1.29, 1.82) is 5.26 Å². The van der Waals surface area contributed by atoms with Crippen LogP contribution in [0.25, 0.3) is 22.4 Å². The summed E-state index contributed by atoms with van der Waals surface area (Å²) in [5.41, 5.74) is 11.9. The van der Waals surface area contributed by atoms with Crippen molar-refractivity contribution in [1.82, 2.24) is 24.5 Å². The van der Waals surface area contributed by atoms with E-state index in [1.165, 1.54) is 0 Å². The predicted octanol–water partition coefficient (Wildman–Crippen LogP) is 3.16. The highest BCUT2D eigenvalue weighted by Crippen LogP contribution is 2.35. The first-order valence-corrected chi connectivity index (χ1v) is 8.82. The molecule has 0 aliphatic rings. The van der Waals surface area contributed by atoms with E-state index < -0.39 is 0 Å². The number of aromatic nitrogens is 5. The molecule has 0 bridgehead atoms. The van der Waals surface area contributed by atoms with Gasteiger partial charge in [-0.15, -0.1) is 0 Å². The van der Waals surface area contributed by atoms with Crippen LogP contribution in [0, 0.1) is 18.3 Å².